The van der Waals surface area contributed by atoms with E-state index in [2.05, 4.69) is 15.6 Å². The van der Waals surface area contributed by atoms with Gasteiger partial charge in [0.15, 0.2) is 11.5 Å². The van der Waals surface area contributed by atoms with E-state index < -0.39 is 0 Å². The number of hydrogen-bond donors (Lipinski definition) is 2. The highest BCUT2D eigenvalue weighted by molar-refractivity contribution is 5.94. The Labute approximate surface area is 159 Å². The van der Waals surface area contributed by atoms with Gasteiger partial charge >= 0.3 is 0 Å². The van der Waals surface area contributed by atoms with Crippen molar-refractivity contribution in [3.8, 4) is 11.5 Å². The summed E-state index contributed by atoms with van der Waals surface area (Å²) < 4.78 is 11.6. The normalized spacial score (nSPS) is 15.3. The van der Waals surface area contributed by atoms with Gasteiger partial charge in [-0.2, -0.15) is 0 Å². The van der Waals surface area contributed by atoms with E-state index in [0.717, 1.165) is 30.4 Å². The molecule has 7 nitrogen and oxygen atoms in total. The zero-order valence-electron chi connectivity index (χ0n) is 15.8. The van der Waals surface area contributed by atoms with Crippen LogP contribution in [0.15, 0.2) is 42.6 Å². The van der Waals surface area contributed by atoms with Crippen molar-refractivity contribution in [3.63, 3.8) is 0 Å². The van der Waals surface area contributed by atoms with Crippen molar-refractivity contribution in [2.75, 3.05) is 45.2 Å². The maximum atomic E-state index is 12.3. The average Bonchev–Trinajstić information content (AvgIpc) is 2.72. The van der Waals surface area contributed by atoms with Crippen LogP contribution in [0.4, 0.5) is 5.82 Å². The standard InChI is InChI=1S/C20H26N4O3/c1-21-11-12-24(2)19-8-7-15(13-23-19)20(25)22-10-9-16-14-26-17-5-3-4-6-18(17)27-16/h3-8,13,16,21H,9-12,14H2,1-2H3,(H,22,25)/t16-/m0/s1. The van der Waals surface area contributed by atoms with Gasteiger partial charge in [0, 0.05) is 39.3 Å². The zero-order valence-corrected chi connectivity index (χ0v) is 15.8. The number of ether oxygens (including phenoxy) is 2. The molecular formula is C20H26N4O3. The molecule has 1 amide bonds. The lowest BCUT2D eigenvalue weighted by molar-refractivity contribution is 0.0812. The third-order valence-corrected chi connectivity index (χ3v) is 4.42. The molecule has 1 aliphatic rings. The van der Waals surface area contributed by atoms with Crippen molar-refractivity contribution in [2.24, 2.45) is 0 Å². The number of likely N-dealkylation sites (N-methyl/N-ethyl adjacent to an activating group) is 2. The molecule has 2 aromatic rings. The molecule has 7 heteroatoms. The predicted octanol–water partition coefficient (Wildman–Crippen LogP) is 1.70. The highest BCUT2D eigenvalue weighted by Gasteiger charge is 2.20. The van der Waals surface area contributed by atoms with E-state index in [1.165, 1.54) is 0 Å². The first-order valence-electron chi connectivity index (χ1n) is 9.16. The first-order valence-corrected chi connectivity index (χ1v) is 9.16. The number of carbonyl (C=O) groups is 1. The van der Waals surface area contributed by atoms with Crippen molar-refractivity contribution in [2.45, 2.75) is 12.5 Å². The molecule has 0 radical (unpaired) electrons. The Bertz CT molecular complexity index is 751. The minimum absolute atomic E-state index is 0.0680. The van der Waals surface area contributed by atoms with Crippen LogP contribution in [0.3, 0.4) is 0 Å². The Balaban J connectivity index is 1.44. The summed E-state index contributed by atoms with van der Waals surface area (Å²) in [7, 11) is 3.89. The number of pyridine rings is 1. The van der Waals surface area contributed by atoms with Crippen molar-refractivity contribution in [3.05, 3.63) is 48.2 Å². The second-order valence-corrected chi connectivity index (χ2v) is 6.47. The fourth-order valence-corrected chi connectivity index (χ4v) is 2.79. The molecule has 1 atom stereocenters. The molecule has 27 heavy (non-hydrogen) atoms. The minimum atomic E-state index is -0.135. The molecule has 2 heterocycles. The molecule has 0 fully saturated rings. The van der Waals surface area contributed by atoms with Gasteiger partial charge in [-0.1, -0.05) is 12.1 Å². The van der Waals surface area contributed by atoms with Crippen LogP contribution in [0, 0.1) is 0 Å². The third-order valence-electron chi connectivity index (χ3n) is 4.42. The van der Waals surface area contributed by atoms with Crippen LogP contribution >= 0.6 is 0 Å². The van der Waals surface area contributed by atoms with E-state index in [4.69, 9.17) is 9.47 Å². The molecule has 1 aromatic heterocycles. The van der Waals surface area contributed by atoms with Crippen molar-refractivity contribution < 1.29 is 14.3 Å². The predicted molar refractivity (Wildman–Crippen MR) is 105 cm³/mol. The van der Waals surface area contributed by atoms with E-state index in [0.29, 0.717) is 25.1 Å². The van der Waals surface area contributed by atoms with E-state index in [1.807, 2.05) is 49.3 Å². The van der Waals surface area contributed by atoms with Gasteiger partial charge in [-0.15, -0.1) is 0 Å². The summed E-state index contributed by atoms with van der Waals surface area (Å²) in [5, 5.41) is 6.02. The fraction of sp³-hybridized carbons (Fsp3) is 0.400. The van der Waals surface area contributed by atoms with Gasteiger partial charge in [0.05, 0.1) is 5.56 Å². The highest BCUT2D eigenvalue weighted by atomic mass is 16.6. The second kappa shape index (κ2) is 9.23. The van der Waals surface area contributed by atoms with Crippen LogP contribution in [0.25, 0.3) is 0 Å². The first kappa shape index (κ1) is 19.0. The molecule has 3 rings (SSSR count). The lowest BCUT2D eigenvalue weighted by atomic mass is 10.2. The number of rotatable bonds is 8. The van der Waals surface area contributed by atoms with Crippen LogP contribution in [-0.2, 0) is 0 Å². The van der Waals surface area contributed by atoms with Gasteiger partial charge in [-0.25, -0.2) is 4.98 Å². The van der Waals surface area contributed by atoms with E-state index in [9.17, 15) is 4.79 Å². The molecule has 0 saturated carbocycles. The Morgan fingerprint density at radius 2 is 2.04 bits per heavy atom. The maximum Gasteiger partial charge on any atom is 0.252 e. The van der Waals surface area contributed by atoms with Crippen LogP contribution < -0.4 is 25.0 Å². The lowest BCUT2D eigenvalue weighted by Gasteiger charge is -2.26. The summed E-state index contributed by atoms with van der Waals surface area (Å²) in [6.45, 7) is 2.72. The summed E-state index contributed by atoms with van der Waals surface area (Å²) in [6.07, 6.45) is 2.22. The Kier molecular flexibility index (Phi) is 6.49. The largest absolute Gasteiger partial charge is 0.486 e. The molecular weight excluding hydrogens is 344 g/mol. The SMILES string of the molecule is CNCCN(C)c1ccc(C(=O)NCC[C@H]2COc3ccccc3O2)cn1. The Morgan fingerprint density at radius 3 is 2.78 bits per heavy atom. The van der Waals surface area contributed by atoms with Crippen LogP contribution in [0.1, 0.15) is 16.8 Å². The summed E-state index contributed by atoms with van der Waals surface area (Å²) in [4.78, 5) is 18.7. The van der Waals surface area contributed by atoms with Gasteiger partial charge in [0.25, 0.3) is 5.91 Å². The Morgan fingerprint density at radius 1 is 1.22 bits per heavy atom. The number of para-hydroxylation sites is 2. The number of anilines is 1. The molecule has 0 bridgehead atoms. The van der Waals surface area contributed by atoms with Crippen LogP contribution in [-0.4, -0.2) is 57.3 Å². The number of hydrogen-bond acceptors (Lipinski definition) is 6. The minimum Gasteiger partial charge on any atom is -0.486 e. The van der Waals surface area contributed by atoms with Gasteiger partial charge in [0.1, 0.15) is 18.5 Å². The number of fused-ring (bicyclic) bond motifs is 1. The Hall–Kier alpha value is -2.80. The lowest BCUT2D eigenvalue weighted by Crippen LogP contribution is -2.34. The summed E-state index contributed by atoms with van der Waals surface area (Å²) in [5.74, 6) is 2.23. The van der Waals surface area contributed by atoms with E-state index >= 15 is 0 Å². The molecule has 0 saturated heterocycles. The van der Waals surface area contributed by atoms with Gasteiger partial charge in [-0.05, 0) is 31.3 Å². The van der Waals surface area contributed by atoms with Gasteiger partial charge < -0.3 is 25.0 Å². The smallest absolute Gasteiger partial charge is 0.252 e. The molecule has 0 unspecified atom stereocenters. The zero-order chi connectivity index (χ0) is 19.1. The van der Waals surface area contributed by atoms with Crippen molar-refractivity contribution >= 4 is 11.7 Å². The number of aromatic nitrogens is 1. The molecule has 2 N–H and O–H groups in total. The monoisotopic (exact) mass is 370 g/mol. The number of nitrogens with one attached hydrogen (secondary N) is 2. The third kappa shape index (κ3) is 5.10. The van der Waals surface area contributed by atoms with Gasteiger partial charge in [-0.3, -0.25) is 4.79 Å². The van der Waals surface area contributed by atoms with Crippen molar-refractivity contribution in [1.82, 2.24) is 15.6 Å². The fourth-order valence-electron chi connectivity index (χ4n) is 2.79. The quantitative estimate of drug-likeness (QED) is 0.737. The topological polar surface area (TPSA) is 75.7 Å². The van der Waals surface area contributed by atoms with Crippen molar-refractivity contribution in [1.29, 1.82) is 0 Å². The van der Waals surface area contributed by atoms with Gasteiger partial charge in [0.2, 0.25) is 0 Å². The summed E-state index contributed by atoms with van der Waals surface area (Å²) in [6, 6.07) is 11.3. The summed E-state index contributed by atoms with van der Waals surface area (Å²) in [5.41, 5.74) is 0.548. The number of carbonyl (C=O) groups excluding carboxylic acids is 1. The molecule has 144 valence electrons. The molecule has 1 aromatic carbocycles. The number of nitrogens with zero attached hydrogens (tertiary/aromatic N) is 2. The van der Waals surface area contributed by atoms with E-state index in [-0.39, 0.29) is 12.0 Å². The molecule has 0 spiro atoms. The number of benzene rings is 1. The summed E-state index contributed by atoms with van der Waals surface area (Å²) >= 11 is 0. The van der Waals surface area contributed by atoms with E-state index in [1.54, 1.807) is 12.3 Å². The molecule has 1 aliphatic heterocycles. The number of amides is 1. The molecule has 0 aliphatic carbocycles. The van der Waals surface area contributed by atoms with Crippen LogP contribution in [0.5, 0.6) is 11.5 Å². The highest BCUT2D eigenvalue weighted by Crippen LogP contribution is 2.31. The average molecular weight is 370 g/mol. The van der Waals surface area contributed by atoms with Crippen LogP contribution in [0.2, 0.25) is 0 Å². The maximum absolute atomic E-state index is 12.3. The first-order chi connectivity index (χ1) is 13.2. The second-order valence-electron chi connectivity index (χ2n) is 6.47.